The number of fused-ring (bicyclic) bond motifs is 9. The van der Waals surface area contributed by atoms with Crippen LogP contribution in [-0.2, 0) is 0 Å². The van der Waals surface area contributed by atoms with E-state index < -0.39 is 0 Å². The second-order valence-electron chi connectivity index (χ2n) is 11.8. The van der Waals surface area contributed by atoms with Gasteiger partial charge >= 0.3 is 0 Å². The predicted octanol–water partition coefficient (Wildman–Crippen LogP) is 11.6. The second-order valence-corrected chi connectivity index (χ2v) is 12.8. The number of para-hydroxylation sites is 3. The summed E-state index contributed by atoms with van der Waals surface area (Å²) in [5.74, 6) is 0.831. The smallest absolute Gasteiger partial charge is 0.165 e. The van der Waals surface area contributed by atoms with Crippen LogP contribution in [0.3, 0.4) is 0 Å². The van der Waals surface area contributed by atoms with Gasteiger partial charge in [0.15, 0.2) is 5.82 Å². The Balaban J connectivity index is 1.43. The van der Waals surface area contributed by atoms with Gasteiger partial charge in [0.2, 0.25) is 0 Å². The van der Waals surface area contributed by atoms with Crippen molar-refractivity contribution in [3.63, 3.8) is 0 Å². The normalized spacial score (nSPS) is 11.9. The maximum Gasteiger partial charge on any atom is 0.165 e. The summed E-state index contributed by atoms with van der Waals surface area (Å²) in [4.78, 5) is 10.7. The van der Waals surface area contributed by atoms with Crippen LogP contribution in [-0.4, -0.2) is 14.5 Å². The van der Waals surface area contributed by atoms with Gasteiger partial charge in [0, 0.05) is 53.0 Å². The molecule has 0 amide bonds. The van der Waals surface area contributed by atoms with Crippen molar-refractivity contribution >= 4 is 75.1 Å². The molecule has 0 bridgehead atoms. The highest BCUT2D eigenvalue weighted by molar-refractivity contribution is 7.26. The van der Waals surface area contributed by atoms with E-state index in [4.69, 9.17) is 9.97 Å². The summed E-state index contributed by atoms with van der Waals surface area (Å²) in [7, 11) is 0. The average Bonchev–Trinajstić information content (AvgIpc) is 3.68. The van der Waals surface area contributed by atoms with E-state index in [-0.39, 0.29) is 0 Å². The fourth-order valence-corrected chi connectivity index (χ4v) is 8.38. The quantitative estimate of drug-likeness (QED) is 0.201. The minimum absolute atomic E-state index is 0.831. The molecule has 0 aliphatic rings. The third-order valence-corrected chi connectivity index (χ3v) is 10.4. The average molecular weight is 604 g/mol. The third-order valence-electron chi connectivity index (χ3n) is 9.18. The zero-order valence-electron chi connectivity index (χ0n) is 24.7. The van der Waals surface area contributed by atoms with E-state index in [1.54, 1.807) is 0 Å². The van der Waals surface area contributed by atoms with Gasteiger partial charge in [-0.15, -0.1) is 11.3 Å². The molecule has 0 saturated heterocycles. The molecule has 10 aromatic rings. The Hall–Kier alpha value is -5.84. The zero-order valence-corrected chi connectivity index (χ0v) is 25.5. The van der Waals surface area contributed by atoms with Crippen LogP contribution in [0.15, 0.2) is 152 Å². The molecule has 7 aromatic carbocycles. The lowest BCUT2D eigenvalue weighted by Crippen LogP contribution is -2.04. The van der Waals surface area contributed by atoms with Crippen LogP contribution >= 0.6 is 11.3 Å². The monoisotopic (exact) mass is 603 g/mol. The number of hydrogen-bond donors (Lipinski definition) is 0. The van der Waals surface area contributed by atoms with Crippen molar-refractivity contribution in [3.8, 4) is 28.2 Å². The van der Waals surface area contributed by atoms with Crippen molar-refractivity contribution in [2.75, 3.05) is 0 Å². The van der Waals surface area contributed by atoms with E-state index in [1.807, 2.05) is 29.5 Å². The summed E-state index contributed by atoms with van der Waals surface area (Å²) in [6.45, 7) is 0. The third kappa shape index (κ3) is 3.65. The first-order valence-electron chi connectivity index (χ1n) is 15.5. The molecule has 3 heterocycles. The Morgan fingerprint density at radius 1 is 0.435 bits per heavy atom. The van der Waals surface area contributed by atoms with Crippen LogP contribution in [0.2, 0.25) is 0 Å². The van der Waals surface area contributed by atoms with E-state index in [1.165, 1.54) is 52.8 Å². The van der Waals surface area contributed by atoms with Crippen molar-refractivity contribution in [1.29, 1.82) is 0 Å². The van der Waals surface area contributed by atoms with Crippen LogP contribution in [0, 0.1) is 0 Å². The van der Waals surface area contributed by atoms with Crippen LogP contribution in [0.1, 0.15) is 0 Å². The van der Waals surface area contributed by atoms with Crippen LogP contribution in [0.5, 0.6) is 0 Å². The first kappa shape index (κ1) is 25.5. The topological polar surface area (TPSA) is 30.7 Å². The Morgan fingerprint density at radius 3 is 1.96 bits per heavy atom. The highest BCUT2D eigenvalue weighted by Gasteiger charge is 2.24. The molecule has 0 radical (unpaired) electrons. The minimum Gasteiger partial charge on any atom is -0.291 e. The van der Waals surface area contributed by atoms with Gasteiger partial charge < -0.3 is 0 Å². The number of thiophene rings is 1. The molecular formula is C42H25N3S. The molecule has 3 aromatic heterocycles. The molecule has 0 atom stereocenters. The van der Waals surface area contributed by atoms with Gasteiger partial charge in [-0.2, -0.15) is 0 Å². The molecule has 0 unspecified atom stereocenters. The van der Waals surface area contributed by atoms with Gasteiger partial charge in [0.1, 0.15) is 5.69 Å². The first-order valence-corrected chi connectivity index (χ1v) is 16.3. The fraction of sp³-hybridized carbons (Fsp3) is 0. The van der Waals surface area contributed by atoms with E-state index in [0.29, 0.717) is 0 Å². The molecular weight excluding hydrogens is 579 g/mol. The molecule has 0 N–H and O–H groups in total. The highest BCUT2D eigenvalue weighted by atomic mass is 32.1. The summed E-state index contributed by atoms with van der Waals surface area (Å²) in [6, 6.07) is 54.0. The molecule has 10 rings (SSSR count). The molecule has 0 fully saturated rings. The standard InChI is InChI=1S/C42H25N3S/c1-2-13-27(14-3-1)38-42(44-36-22-8-7-21-35(36)43-38)45-39-28-15-5-4-12-26(28)24-25-32(39)30-17-10-18-31(40(30)45)34-20-11-19-33-29-16-6-9-23-37(29)46-41(33)34/h1-25H. The van der Waals surface area contributed by atoms with Gasteiger partial charge in [-0.3, -0.25) is 4.57 Å². The van der Waals surface area contributed by atoms with Crippen molar-refractivity contribution in [2.24, 2.45) is 0 Å². The molecule has 0 aliphatic carbocycles. The zero-order chi connectivity index (χ0) is 30.2. The van der Waals surface area contributed by atoms with Crippen molar-refractivity contribution < 1.29 is 0 Å². The molecule has 0 aliphatic heterocycles. The number of aromatic nitrogens is 3. The molecule has 3 nitrogen and oxygen atoms in total. The summed E-state index contributed by atoms with van der Waals surface area (Å²) in [6.07, 6.45) is 0. The Labute approximate surface area is 268 Å². The molecule has 214 valence electrons. The van der Waals surface area contributed by atoms with Crippen molar-refractivity contribution in [2.45, 2.75) is 0 Å². The number of benzene rings is 7. The Kier molecular flexibility index (Phi) is 5.45. The lowest BCUT2D eigenvalue weighted by atomic mass is 9.99. The van der Waals surface area contributed by atoms with Gasteiger partial charge in [-0.1, -0.05) is 133 Å². The first-order chi connectivity index (χ1) is 22.8. The van der Waals surface area contributed by atoms with E-state index in [2.05, 4.69) is 138 Å². The molecule has 0 saturated carbocycles. The van der Waals surface area contributed by atoms with Crippen LogP contribution < -0.4 is 0 Å². The largest absolute Gasteiger partial charge is 0.291 e. The van der Waals surface area contributed by atoms with Crippen molar-refractivity contribution in [1.82, 2.24) is 14.5 Å². The summed E-state index contributed by atoms with van der Waals surface area (Å²) in [5, 5.41) is 7.38. The number of rotatable bonds is 3. The fourth-order valence-electron chi connectivity index (χ4n) is 7.15. The van der Waals surface area contributed by atoms with E-state index in [0.717, 1.165) is 39.1 Å². The van der Waals surface area contributed by atoms with E-state index >= 15 is 0 Å². The Bertz CT molecular complexity index is 2810. The summed E-state index contributed by atoms with van der Waals surface area (Å²) in [5.41, 5.74) is 8.35. The maximum atomic E-state index is 5.44. The van der Waals surface area contributed by atoms with Gasteiger partial charge in [0.25, 0.3) is 0 Å². The number of nitrogens with zero attached hydrogens (tertiary/aromatic N) is 3. The lowest BCUT2D eigenvalue weighted by Gasteiger charge is -2.16. The van der Waals surface area contributed by atoms with E-state index in [9.17, 15) is 0 Å². The maximum absolute atomic E-state index is 5.44. The highest BCUT2D eigenvalue weighted by Crippen LogP contribution is 2.46. The minimum atomic E-state index is 0.831. The predicted molar refractivity (Wildman–Crippen MR) is 195 cm³/mol. The summed E-state index contributed by atoms with van der Waals surface area (Å²) < 4.78 is 5.00. The SMILES string of the molecule is c1ccc(-c2nc3ccccc3nc2-n2c3c(-c4cccc5c4sc4ccccc45)cccc3c3ccc4ccccc4c32)cc1. The van der Waals surface area contributed by atoms with Crippen LogP contribution in [0.4, 0.5) is 0 Å². The van der Waals surface area contributed by atoms with Crippen molar-refractivity contribution in [3.05, 3.63) is 152 Å². The molecule has 0 spiro atoms. The molecule has 4 heteroatoms. The molecule has 46 heavy (non-hydrogen) atoms. The lowest BCUT2D eigenvalue weighted by molar-refractivity contribution is 1.08. The number of hydrogen-bond acceptors (Lipinski definition) is 3. The van der Waals surface area contributed by atoms with Gasteiger partial charge in [-0.25, -0.2) is 9.97 Å². The van der Waals surface area contributed by atoms with Crippen LogP contribution in [0.25, 0.3) is 92.0 Å². The van der Waals surface area contributed by atoms with Gasteiger partial charge in [-0.05, 0) is 23.6 Å². The van der Waals surface area contributed by atoms with Gasteiger partial charge in [0.05, 0.1) is 22.1 Å². The summed E-state index contributed by atoms with van der Waals surface area (Å²) >= 11 is 1.87. The second kappa shape index (κ2) is 9.83. The Morgan fingerprint density at radius 2 is 1.09 bits per heavy atom.